The highest BCUT2D eigenvalue weighted by Gasteiger charge is 2.21. The van der Waals surface area contributed by atoms with Crippen molar-refractivity contribution in [3.05, 3.63) is 76.8 Å². The Kier molecular flexibility index (Phi) is 13.0. The molecule has 0 heterocycles. The zero-order valence-electron chi connectivity index (χ0n) is 19.5. The van der Waals surface area contributed by atoms with Crippen LogP contribution in [-0.4, -0.2) is 48.9 Å². The van der Waals surface area contributed by atoms with E-state index in [9.17, 15) is 24.6 Å². The van der Waals surface area contributed by atoms with Crippen LogP contribution >= 0.6 is 11.6 Å². The molecule has 184 valence electrons. The number of halogens is 1. The zero-order chi connectivity index (χ0) is 25.5. The molecule has 2 aromatic carbocycles. The molecule has 0 saturated heterocycles. The van der Waals surface area contributed by atoms with Gasteiger partial charge in [0.25, 0.3) is 0 Å². The number of nitrogens with one attached hydrogen (secondary N) is 2. The van der Waals surface area contributed by atoms with Crippen molar-refractivity contribution in [2.75, 3.05) is 31.5 Å². The van der Waals surface area contributed by atoms with Crippen LogP contribution in [0.25, 0.3) is 0 Å². The second kappa shape index (κ2) is 15.5. The van der Waals surface area contributed by atoms with E-state index in [0.717, 1.165) is 36.4 Å². The number of nitrogens with zero attached hydrogens (tertiary/aromatic N) is 1. The third-order valence-corrected chi connectivity index (χ3v) is 5.11. The first-order valence-electron chi connectivity index (χ1n) is 10.9. The first-order chi connectivity index (χ1) is 16.2. The van der Waals surface area contributed by atoms with Crippen LogP contribution in [0.15, 0.2) is 60.7 Å². The number of likely N-dealkylation sites (N-methyl/N-ethyl adjacent to an activating group) is 1. The molecule has 0 aromatic heterocycles. The molecule has 0 bridgehead atoms. The molecule has 1 unspecified atom stereocenters. The van der Waals surface area contributed by atoms with Crippen molar-refractivity contribution >= 4 is 35.1 Å². The number of aliphatic carboxylic acids is 2. The van der Waals surface area contributed by atoms with E-state index in [-0.39, 0.29) is 5.91 Å². The summed E-state index contributed by atoms with van der Waals surface area (Å²) in [6.45, 7) is 9.68. The first-order valence-corrected chi connectivity index (χ1v) is 11.2. The van der Waals surface area contributed by atoms with Crippen LogP contribution in [0.5, 0.6) is 0 Å². The van der Waals surface area contributed by atoms with E-state index >= 15 is 0 Å². The monoisotopic (exact) mass is 487 g/mol. The molecular weight excluding hydrogens is 458 g/mol. The fraction of sp³-hybridized carbons (Fsp3) is 0.320. The summed E-state index contributed by atoms with van der Waals surface area (Å²) >= 11 is 6.13. The Hall–Kier alpha value is -3.36. The van der Waals surface area contributed by atoms with Crippen molar-refractivity contribution in [1.82, 2.24) is 10.2 Å². The minimum absolute atomic E-state index is 0.0391. The number of carbonyl (C=O) groups is 3. The number of aryl methyl sites for hydroxylation is 1. The van der Waals surface area contributed by atoms with Crippen molar-refractivity contribution < 1.29 is 24.6 Å². The normalized spacial score (nSPS) is 11.4. The van der Waals surface area contributed by atoms with Gasteiger partial charge < -0.3 is 35.3 Å². The van der Waals surface area contributed by atoms with E-state index in [4.69, 9.17) is 11.6 Å². The van der Waals surface area contributed by atoms with Gasteiger partial charge in [0, 0.05) is 23.8 Å². The van der Waals surface area contributed by atoms with Gasteiger partial charge in [0.2, 0.25) is 5.91 Å². The lowest BCUT2D eigenvalue weighted by Gasteiger charge is -2.23. The number of hydrogen-bond acceptors (Lipinski definition) is 7. The average Bonchev–Trinajstić information content (AvgIpc) is 2.82. The number of anilines is 1. The van der Waals surface area contributed by atoms with E-state index in [1.54, 1.807) is 0 Å². The number of rotatable bonds is 11. The number of amides is 1. The maximum atomic E-state index is 12.9. The van der Waals surface area contributed by atoms with E-state index in [2.05, 4.69) is 29.4 Å². The highest BCUT2D eigenvalue weighted by atomic mass is 35.5. The third kappa shape index (κ3) is 11.0. The first kappa shape index (κ1) is 28.7. The lowest BCUT2D eigenvalue weighted by molar-refractivity contribution is -0.301. The molecule has 2 aromatic rings. The van der Waals surface area contributed by atoms with Crippen LogP contribution in [0, 0.1) is 6.92 Å². The van der Waals surface area contributed by atoms with Crippen LogP contribution in [0.1, 0.15) is 31.0 Å². The summed E-state index contributed by atoms with van der Waals surface area (Å²) in [5.41, 5.74) is 2.84. The van der Waals surface area contributed by atoms with E-state index < -0.39 is 18.0 Å². The summed E-state index contributed by atoms with van der Waals surface area (Å²) in [6, 6.07) is 14.9. The van der Waals surface area contributed by atoms with Crippen LogP contribution in [0.2, 0.25) is 5.02 Å². The summed E-state index contributed by atoms with van der Waals surface area (Å²) in [4.78, 5) is 34.0. The van der Waals surface area contributed by atoms with Crippen LogP contribution < -0.4 is 20.8 Å². The van der Waals surface area contributed by atoms with Gasteiger partial charge in [0.1, 0.15) is 6.04 Å². The lowest BCUT2D eigenvalue weighted by atomic mass is 10.0. The highest BCUT2D eigenvalue weighted by molar-refractivity contribution is 6.30. The molecule has 0 aliphatic rings. The zero-order valence-corrected chi connectivity index (χ0v) is 20.3. The second-order valence-corrected chi connectivity index (χ2v) is 7.67. The minimum atomic E-state index is -1.55. The Morgan fingerprint density at radius 2 is 1.59 bits per heavy atom. The minimum Gasteiger partial charge on any atom is -0.545 e. The van der Waals surface area contributed by atoms with Crippen molar-refractivity contribution in [3.63, 3.8) is 0 Å². The lowest BCUT2D eigenvalue weighted by Crippen LogP contribution is -2.39. The maximum Gasteiger partial charge on any atom is 0.247 e. The van der Waals surface area contributed by atoms with Gasteiger partial charge in [-0.1, -0.05) is 61.8 Å². The molecule has 9 heteroatoms. The molecular formula is C25H30ClN3O5-2. The third-order valence-electron chi connectivity index (χ3n) is 4.87. The van der Waals surface area contributed by atoms with Crippen LogP contribution in [-0.2, 0) is 14.4 Å². The molecule has 0 aliphatic heterocycles. The van der Waals surface area contributed by atoms with Crippen molar-refractivity contribution in [1.29, 1.82) is 0 Å². The Labute approximate surface area is 205 Å². The maximum absolute atomic E-state index is 12.9. The van der Waals surface area contributed by atoms with Crippen molar-refractivity contribution in [2.24, 2.45) is 0 Å². The molecule has 1 atom stereocenters. The summed E-state index contributed by atoms with van der Waals surface area (Å²) in [5, 5.41) is 25.9. The largest absolute Gasteiger partial charge is 0.545 e. The van der Waals surface area contributed by atoms with E-state index in [1.807, 2.05) is 55.5 Å². The predicted octanol–water partition coefficient (Wildman–Crippen LogP) is 1.30. The Bertz CT molecular complexity index is 946. The number of hydrogen-bond donors (Lipinski definition) is 2. The summed E-state index contributed by atoms with van der Waals surface area (Å²) in [6.07, 6.45) is 0.769. The molecule has 34 heavy (non-hydrogen) atoms. The van der Waals surface area contributed by atoms with Gasteiger partial charge in [0.15, 0.2) is 0 Å². The Morgan fingerprint density at radius 3 is 2.12 bits per heavy atom. The van der Waals surface area contributed by atoms with Gasteiger partial charge in [-0.25, -0.2) is 0 Å². The number of benzene rings is 2. The molecule has 0 spiro atoms. The standard InChI is InChI=1S/C21H28ClN3O.C4H4O4/c1-4-25(5-2)14-13-23-21(26)20(17-9-7-6-8-10-17)24-19-15-18(22)12-11-16(19)3;5-3(6)1-2-4(7)8/h6-12,15,20,24H,4-5,13-14H2,1-3H3,(H,23,26);1-2H,(H,5,6)(H,7,8)/p-2/b;2-1-. The summed E-state index contributed by atoms with van der Waals surface area (Å²) in [5.74, 6) is -3.13. The molecule has 0 aliphatic carbocycles. The van der Waals surface area contributed by atoms with Gasteiger partial charge in [0.05, 0.1) is 11.9 Å². The highest BCUT2D eigenvalue weighted by Crippen LogP contribution is 2.25. The molecule has 0 fully saturated rings. The second-order valence-electron chi connectivity index (χ2n) is 7.24. The smallest absolute Gasteiger partial charge is 0.247 e. The average molecular weight is 488 g/mol. The number of carbonyl (C=O) groups excluding carboxylic acids is 3. The summed E-state index contributed by atoms with van der Waals surface area (Å²) in [7, 11) is 0. The molecule has 0 radical (unpaired) electrons. The van der Waals surface area contributed by atoms with Gasteiger partial charge in [-0.2, -0.15) is 0 Å². The number of carboxylic acid groups (broad SMARTS) is 2. The number of carboxylic acids is 2. The molecule has 0 saturated carbocycles. The van der Waals surface area contributed by atoms with Gasteiger partial charge in [-0.15, -0.1) is 0 Å². The van der Waals surface area contributed by atoms with Crippen LogP contribution in [0.4, 0.5) is 5.69 Å². The van der Waals surface area contributed by atoms with Crippen molar-refractivity contribution in [3.8, 4) is 0 Å². The van der Waals surface area contributed by atoms with E-state index in [0.29, 0.717) is 23.7 Å². The molecule has 1 amide bonds. The Morgan fingerprint density at radius 1 is 1.00 bits per heavy atom. The van der Waals surface area contributed by atoms with Crippen LogP contribution in [0.3, 0.4) is 0 Å². The summed E-state index contributed by atoms with van der Waals surface area (Å²) < 4.78 is 0. The fourth-order valence-electron chi connectivity index (χ4n) is 2.97. The molecule has 8 nitrogen and oxygen atoms in total. The van der Waals surface area contributed by atoms with Gasteiger partial charge >= 0.3 is 0 Å². The SMILES string of the molecule is CCN(CC)CCNC(=O)C(Nc1cc(Cl)ccc1C)c1ccccc1.O=C([O-])/C=C\C(=O)[O-]. The molecule has 2 rings (SSSR count). The quantitative estimate of drug-likeness (QED) is 0.458. The fourth-order valence-corrected chi connectivity index (χ4v) is 3.14. The van der Waals surface area contributed by atoms with Gasteiger partial charge in [-0.05, 0) is 55.4 Å². The Balaban J connectivity index is 0.000000620. The van der Waals surface area contributed by atoms with E-state index in [1.165, 1.54) is 0 Å². The van der Waals surface area contributed by atoms with Crippen molar-refractivity contribution in [2.45, 2.75) is 26.8 Å². The molecule has 2 N–H and O–H groups in total. The topological polar surface area (TPSA) is 125 Å². The van der Waals surface area contributed by atoms with Gasteiger partial charge in [-0.3, -0.25) is 4.79 Å². The predicted molar refractivity (Wildman–Crippen MR) is 129 cm³/mol.